The van der Waals surface area contributed by atoms with E-state index in [-0.39, 0.29) is 0 Å². The third kappa shape index (κ3) is 1.59. The second-order valence-corrected chi connectivity index (χ2v) is 5.42. The summed E-state index contributed by atoms with van der Waals surface area (Å²) in [5, 5.41) is 9.81. The minimum Gasteiger partial charge on any atom is -0.480 e. The van der Waals surface area contributed by atoms with Gasteiger partial charge in [0.05, 0.1) is 5.04 Å². The fourth-order valence-corrected chi connectivity index (χ4v) is 2.95. The molecule has 2 unspecified atom stereocenters. The summed E-state index contributed by atoms with van der Waals surface area (Å²) in [6, 6.07) is -0.489. The van der Waals surface area contributed by atoms with Crippen molar-refractivity contribution in [2.45, 2.75) is 26.3 Å². The third-order valence-electron chi connectivity index (χ3n) is 2.77. The minimum atomic E-state index is -0.791. The number of carboxylic acid groups (broad SMARTS) is 1. The van der Waals surface area contributed by atoms with E-state index >= 15 is 0 Å². The molecule has 0 aromatic carbocycles. The Morgan fingerprint density at radius 2 is 2.31 bits per heavy atom. The van der Waals surface area contributed by atoms with E-state index in [9.17, 15) is 4.79 Å². The molecule has 1 heterocycles. The first-order valence-corrected chi connectivity index (χ1v) is 5.42. The summed E-state index contributed by atoms with van der Waals surface area (Å²) in [6.45, 7) is 4.41. The molecule has 0 aromatic heterocycles. The Bertz CT molecular complexity index is 285. The van der Waals surface area contributed by atoms with Crippen molar-refractivity contribution in [2.75, 3.05) is 5.75 Å². The van der Waals surface area contributed by atoms with Gasteiger partial charge in [0.25, 0.3) is 0 Å². The standard InChI is InChI=1S/C9H13NO2S/c1-9(2)3-5(9)7-10-6(4-13-7)8(11)12/h5-6H,3-4H2,1-2H3,(H,11,12). The predicted octanol–water partition coefficient (Wildman–Crippen LogP) is 1.63. The Labute approximate surface area is 81.6 Å². The van der Waals surface area contributed by atoms with E-state index in [2.05, 4.69) is 18.8 Å². The molecule has 0 bridgehead atoms. The normalized spacial score (nSPS) is 35.7. The molecule has 1 aliphatic heterocycles. The number of hydrogen-bond donors (Lipinski definition) is 1. The Morgan fingerprint density at radius 1 is 1.69 bits per heavy atom. The predicted molar refractivity (Wildman–Crippen MR) is 53.2 cm³/mol. The van der Waals surface area contributed by atoms with Crippen LogP contribution in [0, 0.1) is 11.3 Å². The molecule has 0 saturated heterocycles. The van der Waals surface area contributed by atoms with Gasteiger partial charge in [-0.15, -0.1) is 11.8 Å². The number of hydrogen-bond acceptors (Lipinski definition) is 3. The van der Waals surface area contributed by atoms with Crippen LogP contribution < -0.4 is 0 Å². The van der Waals surface area contributed by atoms with Crippen molar-refractivity contribution in [1.82, 2.24) is 0 Å². The Balaban J connectivity index is 2.04. The van der Waals surface area contributed by atoms with Crippen LogP contribution in [0.3, 0.4) is 0 Å². The van der Waals surface area contributed by atoms with Crippen molar-refractivity contribution in [3.8, 4) is 0 Å². The number of aliphatic imine (C=N–C) groups is 1. The molecule has 2 rings (SSSR count). The highest BCUT2D eigenvalue weighted by atomic mass is 32.2. The second-order valence-electron chi connectivity index (χ2n) is 4.38. The average Bonchev–Trinajstić information content (AvgIpc) is 2.50. The van der Waals surface area contributed by atoms with Crippen molar-refractivity contribution in [2.24, 2.45) is 16.3 Å². The molecule has 2 atom stereocenters. The van der Waals surface area contributed by atoms with E-state index in [1.807, 2.05) is 0 Å². The van der Waals surface area contributed by atoms with Crippen LogP contribution in [0.4, 0.5) is 0 Å². The van der Waals surface area contributed by atoms with Gasteiger partial charge in [0.15, 0.2) is 6.04 Å². The molecule has 0 amide bonds. The fraction of sp³-hybridized carbons (Fsp3) is 0.778. The Morgan fingerprint density at radius 3 is 2.69 bits per heavy atom. The molecule has 1 saturated carbocycles. The number of thioether (sulfide) groups is 1. The van der Waals surface area contributed by atoms with Crippen LogP contribution in [0.2, 0.25) is 0 Å². The topological polar surface area (TPSA) is 49.7 Å². The van der Waals surface area contributed by atoms with E-state index in [0.717, 1.165) is 11.5 Å². The highest BCUT2D eigenvalue weighted by Gasteiger charge is 2.50. The summed E-state index contributed by atoms with van der Waals surface area (Å²) in [6.07, 6.45) is 1.16. The smallest absolute Gasteiger partial charge is 0.329 e. The fourth-order valence-electron chi connectivity index (χ4n) is 1.60. The zero-order chi connectivity index (χ0) is 9.64. The Kier molecular flexibility index (Phi) is 1.91. The van der Waals surface area contributed by atoms with Crippen LogP contribution in [0.15, 0.2) is 4.99 Å². The van der Waals surface area contributed by atoms with E-state index in [0.29, 0.717) is 17.1 Å². The van der Waals surface area contributed by atoms with Gasteiger partial charge < -0.3 is 5.11 Å². The molecule has 1 aliphatic carbocycles. The maximum absolute atomic E-state index is 10.6. The van der Waals surface area contributed by atoms with Crippen molar-refractivity contribution in [1.29, 1.82) is 0 Å². The van der Waals surface area contributed by atoms with E-state index in [1.165, 1.54) is 0 Å². The van der Waals surface area contributed by atoms with E-state index in [4.69, 9.17) is 5.11 Å². The lowest BCUT2D eigenvalue weighted by Crippen LogP contribution is -2.17. The number of carbonyl (C=O) groups is 1. The van der Waals surface area contributed by atoms with Gasteiger partial charge in [-0.05, 0) is 11.8 Å². The van der Waals surface area contributed by atoms with Crippen LogP contribution >= 0.6 is 11.8 Å². The van der Waals surface area contributed by atoms with Gasteiger partial charge in [-0.25, -0.2) is 4.79 Å². The first kappa shape index (κ1) is 9.06. The highest BCUT2D eigenvalue weighted by molar-refractivity contribution is 8.14. The first-order chi connectivity index (χ1) is 6.00. The summed E-state index contributed by atoms with van der Waals surface area (Å²) >= 11 is 1.62. The molecular formula is C9H13NO2S. The molecule has 0 spiro atoms. The maximum atomic E-state index is 10.6. The lowest BCUT2D eigenvalue weighted by Gasteiger charge is -2.00. The van der Waals surface area contributed by atoms with Crippen LogP contribution in [0.25, 0.3) is 0 Å². The number of nitrogens with zero attached hydrogens (tertiary/aromatic N) is 1. The van der Waals surface area contributed by atoms with Crippen molar-refractivity contribution < 1.29 is 9.90 Å². The number of carboxylic acids is 1. The quantitative estimate of drug-likeness (QED) is 0.735. The molecule has 3 nitrogen and oxygen atoms in total. The van der Waals surface area contributed by atoms with E-state index < -0.39 is 12.0 Å². The lowest BCUT2D eigenvalue weighted by molar-refractivity contribution is -0.137. The summed E-state index contributed by atoms with van der Waals surface area (Å²) < 4.78 is 0. The van der Waals surface area contributed by atoms with E-state index in [1.54, 1.807) is 11.8 Å². The summed E-state index contributed by atoms with van der Waals surface area (Å²) in [7, 11) is 0. The number of rotatable bonds is 2. The van der Waals surface area contributed by atoms with Gasteiger partial charge in [-0.2, -0.15) is 0 Å². The summed E-state index contributed by atoms with van der Waals surface area (Å²) in [5.74, 6) is 0.361. The zero-order valence-electron chi connectivity index (χ0n) is 7.78. The number of aliphatic carboxylic acids is 1. The minimum absolute atomic E-state index is 0.360. The van der Waals surface area contributed by atoms with Crippen LogP contribution in [-0.2, 0) is 4.79 Å². The largest absolute Gasteiger partial charge is 0.480 e. The zero-order valence-corrected chi connectivity index (χ0v) is 8.60. The highest BCUT2D eigenvalue weighted by Crippen LogP contribution is 2.55. The van der Waals surface area contributed by atoms with Gasteiger partial charge >= 0.3 is 5.97 Å². The van der Waals surface area contributed by atoms with Gasteiger partial charge in [0.2, 0.25) is 0 Å². The first-order valence-electron chi connectivity index (χ1n) is 4.44. The molecule has 0 radical (unpaired) electrons. The molecular weight excluding hydrogens is 186 g/mol. The van der Waals surface area contributed by atoms with Crippen LogP contribution in [0.1, 0.15) is 20.3 Å². The molecule has 72 valence electrons. The SMILES string of the molecule is CC1(C)CC1C1=NC(C(=O)O)CS1. The third-order valence-corrected chi connectivity index (χ3v) is 3.94. The van der Waals surface area contributed by atoms with Crippen LogP contribution in [-0.4, -0.2) is 27.9 Å². The molecule has 13 heavy (non-hydrogen) atoms. The summed E-state index contributed by atoms with van der Waals surface area (Å²) in [5.41, 5.74) is 0.360. The van der Waals surface area contributed by atoms with Gasteiger partial charge in [-0.1, -0.05) is 13.8 Å². The lowest BCUT2D eigenvalue weighted by atomic mass is 10.1. The molecule has 1 N–H and O–H groups in total. The van der Waals surface area contributed by atoms with Gasteiger partial charge in [-0.3, -0.25) is 4.99 Å². The van der Waals surface area contributed by atoms with Crippen molar-refractivity contribution in [3.05, 3.63) is 0 Å². The average molecular weight is 199 g/mol. The van der Waals surface area contributed by atoms with Gasteiger partial charge in [0.1, 0.15) is 0 Å². The second kappa shape index (κ2) is 2.74. The molecule has 2 aliphatic rings. The Hall–Kier alpha value is -0.510. The summed E-state index contributed by atoms with van der Waals surface area (Å²) in [4.78, 5) is 14.9. The van der Waals surface area contributed by atoms with Crippen molar-refractivity contribution >= 4 is 22.8 Å². The molecule has 4 heteroatoms. The van der Waals surface area contributed by atoms with Gasteiger partial charge in [0, 0.05) is 11.7 Å². The molecule has 1 fully saturated rings. The van der Waals surface area contributed by atoms with Crippen LogP contribution in [0.5, 0.6) is 0 Å². The maximum Gasteiger partial charge on any atom is 0.329 e. The van der Waals surface area contributed by atoms with Crippen molar-refractivity contribution in [3.63, 3.8) is 0 Å². The monoisotopic (exact) mass is 199 g/mol. The molecule has 0 aromatic rings.